The molecule has 1 fully saturated rings. The van der Waals surface area contributed by atoms with Crippen molar-refractivity contribution in [2.45, 2.75) is 24.8 Å². The molecule has 164 valence electrons. The summed E-state index contributed by atoms with van der Waals surface area (Å²) in [6.07, 6.45) is 1.90. The zero-order chi connectivity index (χ0) is 21.9. The second-order valence-corrected chi connectivity index (χ2v) is 8.56. The molecule has 1 aliphatic heterocycles. The van der Waals surface area contributed by atoms with E-state index in [1.807, 2.05) is 36.4 Å². The van der Waals surface area contributed by atoms with E-state index in [4.69, 9.17) is 4.74 Å². The van der Waals surface area contributed by atoms with E-state index in [-0.39, 0.29) is 17.7 Å². The summed E-state index contributed by atoms with van der Waals surface area (Å²) in [5.41, 5.74) is 5.85. The van der Waals surface area contributed by atoms with E-state index in [2.05, 4.69) is 34.5 Å². The number of likely N-dealkylation sites (tertiary alicyclic amines) is 1. The molecule has 3 aromatic carbocycles. The minimum atomic E-state index is -0.406. The van der Waals surface area contributed by atoms with Gasteiger partial charge in [0.2, 0.25) is 0 Å². The molecule has 0 saturated carbocycles. The Bertz CT molecular complexity index is 1060. The van der Waals surface area contributed by atoms with Crippen LogP contribution < -0.4 is 5.32 Å². The molecule has 1 amide bonds. The zero-order valence-electron chi connectivity index (χ0n) is 18.0. The van der Waals surface area contributed by atoms with Gasteiger partial charge in [0.25, 0.3) is 0 Å². The molecule has 0 aromatic heterocycles. The summed E-state index contributed by atoms with van der Waals surface area (Å²) in [4.78, 5) is 15.0. The number of phenols is 1. The number of nitrogens with zero attached hydrogens (tertiary/aromatic N) is 1. The van der Waals surface area contributed by atoms with E-state index in [1.54, 1.807) is 12.1 Å². The molecule has 1 saturated heterocycles. The molecule has 1 unspecified atom stereocenters. The Morgan fingerprint density at radius 2 is 1.62 bits per heavy atom. The van der Waals surface area contributed by atoms with Crippen molar-refractivity contribution in [2.24, 2.45) is 0 Å². The highest BCUT2D eigenvalue weighted by Crippen LogP contribution is 2.44. The number of ether oxygens (including phenoxy) is 1. The van der Waals surface area contributed by atoms with E-state index >= 15 is 0 Å². The monoisotopic (exact) mass is 428 g/mol. The Kier molecular flexibility index (Phi) is 5.82. The van der Waals surface area contributed by atoms with Gasteiger partial charge < -0.3 is 15.2 Å². The maximum atomic E-state index is 12.6. The smallest absolute Gasteiger partial charge is 0.407 e. The second-order valence-electron chi connectivity index (χ2n) is 8.56. The molecule has 3 aromatic rings. The first-order valence-corrected chi connectivity index (χ1v) is 11.3. The summed E-state index contributed by atoms with van der Waals surface area (Å²) < 4.78 is 5.69. The predicted octanol–water partition coefficient (Wildman–Crippen LogP) is 5.07. The Labute approximate surface area is 188 Å². The van der Waals surface area contributed by atoms with E-state index in [1.165, 1.54) is 22.3 Å². The van der Waals surface area contributed by atoms with Crippen LogP contribution in [0.4, 0.5) is 4.79 Å². The Balaban J connectivity index is 1.25. The Hall–Kier alpha value is -3.31. The molecule has 5 rings (SSSR count). The van der Waals surface area contributed by atoms with Crippen LogP contribution in [0.25, 0.3) is 11.1 Å². The lowest BCUT2D eigenvalue weighted by atomic mass is 9.98. The second kappa shape index (κ2) is 9.05. The number of amides is 1. The summed E-state index contributed by atoms with van der Waals surface area (Å²) in [6.45, 7) is 2.74. The Morgan fingerprint density at radius 3 is 2.28 bits per heavy atom. The normalized spacial score (nSPS) is 16.4. The number of nitrogens with one attached hydrogen (secondary N) is 1. The van der Waals surface area contributed by atoms with Crippen LogP contribution >= 0.6 is 0 Å². The molecule has 1 heterocycles. The van der Waals surface area contributed by atoms with Gasteiger partial charge in [-0.2, -0.15) is 0 Å². The number of alkyl carbamates (subject to hydrolysis) is 1. The van der Waals surface area contributed by atoms with Gasteiger partial charge in [-0.15, -0.1) is 0 Å². The van der Waals surface area contributed by atoms with Gasteiger partial charge in [0.05, 0.1) is 6.04 Å². The first kappa shape index (κ1) is 20.6. The van der Waals surface area contributed by atoms with Crippen molar-refractivity contribution in [3.63, 3.8) is 0 Å². The molecule has 2 aliphatic rings. The summed E-state index contributed by atoms with van der Waals surface area (Å²) >= 11 is 0. The van der Waals surface area contributed by atoms with Crippen molar-refractivity contribution in [1.29, 1.82) is 0 Å². The number of phenolic OH excluding ortho intramolecular Hbond substituents is 1. The fraction of sp³-hybridized carbons (Fsp3) is 0.296. The summed E-state index contributed by atoms with van der Waals surface area (Å²) in [7, 11) is 0. The van der Waals surface area contributed by atoms with Gasteiger partial charge in [-0.25, -0.2) is 4.79 Å². The van der Waals surface area contributed by atoms with Gasteiger partial charge in [0.15, 0.2) is 0 Å². The van der Waals surface area contributed by atoms with E-state index in [9.17, 15) is 9.90 Å². The maximum Gasteiger partial charge on any atom is 0.407 e. The number of carbonyl (C=O) groups is 1. The van der Waals surface area contributed by atoms with Gasteiger partial charge in [-0.05, 0) is 65.9 Å². The highest BCUT2D eigenvalue weighted by atomic mass is 16.5. The summed E-state index contributed by atoms with van der Waals surface area (Å²) in [6, 6.07) is 24.0. The van der Waals surface area contributed by atoms with Crippen LogP contribution in [0.5, 0.6) is 5.75 Å². The SMILES string of the molecule is O=C(NCC(c1cccc(O)c1)N1CCCC1)OCC1c2ccccc2-c2ccccc21. The number of rotatable bonds is 6. The molecule has 1 aliphatic carbocycles. The average molecular weight is 429 g/mol. The lowest BCUT2D eigenvalue weighted by molar-refractivity contribution is 0.138. The van der Waals surface area contributed by atoms with Crippen LogP contribution in [-0.4, -0.2) is 42.3 Å². The van der Waals surface area contributed by atoms with Crippen molar-refractivity contribution in [3.05, 3.63) is 89.5 Å². The number of hydrogen-bond acceptors (Lipinski definition) is 4. The van der Waals surface area contributed by atoms with Crippen molar-refractivity contribution in [3.8, 4) is 16.9 Å². The van der Waals surface area contributed by atoms with Gasteiger partial charge in [-0.1, -0.05) is 60.7 Å². The van der Waals surface area contributed by atoms with Gasteiger partial charge in [0, 0.05) is 12.5 Å². The third kappa shape index (κ3) is 4.08. The average Bonchev–Trinajstić information content (AvgIpc) is 3.45. The first-order valence-electron chi connectivity index (χ1n) is 11.3. The molecule has 5 nitrogen and oxygen atoms in total. The highest BCUT2D eigenvalue weighted by Gasteiger charge is 2.29. The quantitative estimate of drug-likeness (QED) is 0.576. The van der Waals surface area contributed by atoms with E-state index in [0.717, 1.165) is 31.5 Å². The molecular formula is C27H28N2O3. The Morgan fingerprint density at radius 1 is 0.969 bits per heavy atom. The highest BCUT2D eigenvalue weighted by molar-refractivity contribution is 5.79. The number of carbonyl (C=O) groups excluding carboxylic acids is 1. The molecule has 32 heavy (non-hydrogen) atoms. The summed E-state index contributed by atoms with van der Waals surface area (Å²) in [5, 5.41) is 12.9. The number of aromatic hydroxyl groups is 1. The van der Waals surface area contributed by atoms with Gasteiger partial charge >= 0.3 is 6.09 Å². The van der Waals surface area contributed by atoms with E-state index < -0.39 is 6.09 Å². The third-order valence-electron chi connectivity index (χ3n) is 6.62. The van der Waals surface area contributed by atoms with Crippen LogP contribution in [0, 0.1) is 0 Å². The van der Waals surface area contributed by atoms with Crippen molar-refractivity contribution in [1.82, 2.24) is 10.2 Å². The van der Waals surface area contributed by atoms with Crippen LogP contribution in [0.1, 0.15) is 41.5 Å². The predicted molar refractivity (Wildman–Crippen MR) is 125 cm³/mol. The topological polar surface area (TPSA) is 61.8 Å². The largest absolute Gasteiger partial charge is 0.508 e. The van der Waals surface area contributed by atoms with Crippen molar-refractivity contribution in [2.75, 3.05) is 26.2 Å². The maximum absolute atomic E-state index is 12.6. The molecule has 5 heteroatoms. The fourth-order valence-electron chi connectivity index (χ4n) is 5.07. The molecular weight excluding hydrogens is 400 g/mol. The molecule has 0 spiro atoms. The number of hydrogen-bond donors (Lipinski definition) is 2. The number of benzene rings is 3. The van der Waals surface area contributed by atoms with Gasteiger partial charge in [0.1, 0.15) is 12.4 Å². The molecule has 1 atom stereocenters. The van der Waals surface area contributed by atoms with E-state index in [0.29, 0.717) is 13.2 Å². The number of fused-ring (bicyclic) bond motifs is 3. The lowest BCUT2D eigenvalue weighted by Crippen LogP contribution is -2.37. The zero-order valence-corrected chi connectivity index (χ0v) is 18.0. The molecule has 0 radical (unpaired) electrons. The van der Waals surface area contributed by atoms with Crippen LogP contribution in [0.2, 0.25) is 0 Å². The fourth-order valence-corrected chi connectivity index (χ4v) is 5.07. The summed E-state index contributed by atoms with van der Waals surface area (Å²) in [5.74, 6) is 0.293. The molecule has 0 bridgehead atoms. The van der Waals surface area contributed by atoms with Crippen molar-refractivity contribution >= 4 is 6.09 Å². The van der Waals surface area contributed by atoms with Gasteiger partial charge in [-0.3, -0.25) is 4.90 Å². The first-order chi connectivity index (χ1) is 15.7. The minimum absolute atomic E-state index is 0.0186. The standard InChI is InChI=1S/C27H28N2O3/c30-20-9-7-8-19(16-20)26(29-14-5-6-15-29)17-28-27(31)32-18-25-23-12-3-1-10-21(23)22-11-2-4-13-24(22)25/h1-4,7-13,16,25-26,30H,5-6,14-15,17-18H2,(H,28,31). The van der Waals surface area contributed by atoms with Crippen LogP contribution in [-0.2, 0) is 4.74 Å². The molecule has 2 N–H and O–H groups in total. The minimum Gasteiger partial charge on any atom is -0.508 e. The third-order valence-corrected chi connectivity index (χ3v) is 6.62. The lowest BCUT2D eigenvalue weighted by Gasteiger charge is -2.28. The van der Waals surface area contributed by atoms with Crippen LogP contribution in [0.3, 0.4) is 0 Å². The van der Waals surface area contributed by atoms with Crippen LogP contribution in [0.15, 0.2) is 72.8 Å². The van der Waals surface area contributed by atoms with Crippen molar-refractivity contribution < 1.29 is 14.6 Å².